The zero-order valence-electron chi connectivity index (χ0n) is 12.2. The minimum atomic E-state index is -0.646. The summed E-state index contributed by atoms with van der Waals surface area (Å²) in [5.74, 6) is 0.722. The fourth-order valence-corrected chi connectivity index (χ4v) is 3.24. The van der Waals surface area contributed by atoms with Gasteiger partial charge < -0.3 is 9.84 Å². The van der Waals surface area contributed by atoms with Gasteiger partial charge in [0.1, 0.15) is 5.75 Å². The molecule has 1 saturated carbocycles. The largest absolute Gasteiger partial charge is 0.494 e. The second kappa shape index (κ2) is 6.78. The van der Waals surface area contributed by atoms with E-state index in [1.165, 1.54) is 6.42 Å². The second-order valence-electron chi connectivity index (χ2n) is 5.87. The molecular formula is C17H24O3. The van der Waals surface area contributed by atoms with Crippen molar-refractivity contribution in [1.82, 2.24) is 0 Å². The first-order valence-electron chi connectivity index (χ1n) is 7.57. The molecule has 0 heterocycles. The Labute approximate surface area is 121 Å². The van der Waals surface area contributed by atoms with Crippen LogP contribution < -0.4 is 4.74 Å². The molecule has 0 amide bonds. The summed E-state index contributed by atoms with van der Waals surface area (Å²) in [4.78, 5) is 11.7. The molecule has 0 saturated heterocycles. The van der Waals surface area contributed by atoms with Crippen LogP contribution in [0, 0.1) is 11.3 Å². The first-order chi connectivity index (χ1) is 9.66. The zero-order chi connectivity index (χ0) is 14.4. The van der Waals surface area contributed by atoms with Gasteiger partial charge >= 0.3 is 5.97 Å². The summed E-state index contributed by atoms with van der Waals surface area (Å²) in [6, 6.07) is 9.61. The van der Waals surface area contributed by atoms with E-state index in [0.717, 1.165) is 31.4 Å². The average Bonchev–Trinajstić information content (AvgIpc) is 2.48. The van der Waals surface area contributed by atoms with Crippen LogP contribution in [-0.2, 0) is 4.79 Å². The first-order valence-corrected chi connectivity index (χ1v) is 7.57. The molecule has 2 unspecified atom stereocenters. The highest BCUT2D eigenvalue weighted by molar-refractivity contribution is 5.74. The maximum Gasteiger partial charge on any atom is 0.309 e. The molecule has 110 valence electrons. The van der Waals surface area contributed by atoms with Gasteiger partial charge in [0.15, 0.2) is 0 Å². The summed E-state index contributed by atoms with van der Waals surface area (Å²) in [7, 11) is 0. The average molecular weight is 276 g/mol. The molecule has 2 atom stereocenters. The monoisotopic (exact) mass is 276 g/mol. The number of ether oxygens (including phenoxy) is 1. The summed E-state index contributed by atoms with van der Waals surface area (Å²) in [6.45, 7) is 2.63. The maximum absolute atomic E-state index is 11.7. The molecule has 3 heteroatoms. The van der Waals surface area contributed by atoms with Gasteiger partial charge in [-0.15, -0.1) is 0 Å². The number of carbonyl (C=O) groups is 1. The van der Waals surface area contributed by atoms with Crippen LogP contribution in [-0.4, -0.2) is 17.7 Å². The SMILES string of the molecule is CCC1CCCC(CCOc2ccccc2)(C(=O)O)C1. The Morgan fingerprint density at radius 3 is 2.80 bits per heavy atom. The molecule has 1 aliphatic carbocycles. The third-order valence-corrected chi connectivity index (χ3v) is 4.57. The molecule has 0 spiro atoms. The van der Waals surface area contributed by atoms with Gasteiger partial charge in [0.25, 0.3) is 0 Å². The quantitative estimate of drug-likeness (QED) is 0.850. The van der Waals surface area contributed by atoms with Gasteiger partial charge in [-0.25, -0.2) is 0 Å². The number of carboxylic acids is 1. The third-order valence-electron chi connectivity index (χ3n) is 4.57. The standard InChI is InChI=1S/C17H24O3/c1-2-14-7-6-10-17(13-14,16(18)19)11-12-20-15-8-4-3-5-9-15/h3-5,8-9,14H,2,6-7,10-13H2,1H3,(H,18,19). The molecule has 1 aromatic carbocycles. The Hall–Kier alpha value is -1.51. The lowest BCUT2D eigenvalue weighted by molar-refractivity contribution is -0.153. The number of para-hydroxylation sites is 1. The van der Waals surface area contributed by atoms with E-state index >= 15 is 0 Å². The minimum absolute atomic E-state index is 0.479. The van der Waals surface area contributed by atoms with Gasteiger partial charge in [-0.05, 0) is 37.3 Å². The van der Waals surface area contributed by atoms with E-state index in [1.807, 2.05) is 30.3 Å². The van der Waals surface area contributed by atoms with Crippen molar-refractivity contribution in [2.75, 3.05) is 6.61 Å². The minimum Gasteiger partial charge on any atom is -0.494 e. The summed E-state index contributed by atoms with van der Waals surface area (Å²) in [5.41, 5.74) is -0.576. The van der Waals surface area contributed by atoms with Crippen molar-refractivity contribution >= 4 is 5.97 Å². The molecule has 1 aliphatic rings. The first kappa shape index (κ1) is 14.9. The number of hydrogen-bond acceptors (Lipinski definition) is 2. The number of benzene rings is 1. The van der Waals surface area contributed by atoms with Gasteiger partial charge in [-0.1, -0.05) is 44.4 Å². The molecule has 0 aromatic heterocycles. The van der Waals surface area contributed by atoms with Crippen molar-refractivity contribution < 1.29 is 14.6 Å². The number of rotatable bonds is 6. The number of aliphatic carboxylic acids is 1. The normalized spacial score (nSPS) is 26.1. The van der Waals surface area contributed by atoms with Crippen LogP contribution in [0.5, 0.6) is 5.75 Å². The van der Waals surface area contributed by atoms with Crippen molar-refractivity contribution in [3.05, 3.63) is 30.3 Å². The molecule has 1 fully saturated rings. The lowest BCUT2D eigenvalue weighted by Crippen LogP contribution is -2.37. The summed E-state index contributed by atoms with van der Waals surface area (Å²) >= 11 is 0. The Balaban J connectivity index is 1.94. The molecule has 3 nitrogen and oxygen atoms in total. The smallest absolute Gasteiger partial charge is 0.309 e. The summed E-state index contributed by atoms with van der Waals surface area (Å²) in [5, 5.41) is 9.64. The number of hydrogen-bond donors (Lipinski definition) is 1. The van der Waals surface area contributed by atoms with E-state index in [9.17, 15) is 9.90 Å². The lowest BCUT2D eigenvalue weighted by Gasteiger charge is -2.37. The van der Waals surface area contributed by atoms with Crippen LogP contribution in [0.25, 0.3) is 0 Å². The van der Waals surface area contributed by atoms with Crippen molar-refractivity contribution in [2.24, 2.45) is 11.3 Å². The number of carboxylic acid groups (broad SMARTS) is 1. The highest BCUT2D eigenvalue weighted by Crippen LogP contribution is 2.43. The molecular weight excluding hydrogens is 252 g/mol. The van der Waals surface area contributed by atoms with Crippen LogP contribution in [0.3, 0.4) is 0 Å². The van der Waals surface area contributed by atoms with Crippen molar-refractivity contribution in [3.63, 3.8) is 0 Å². The summed E-state index contributed by atoms with van der Waals surface area (Å²) < 4.78 is 5.69. The Kier molecular flexibility index (Phi) is 5.05. The molecule has 2 rings (SSSR count). The summed E-state index contributed by atoms with van der Waals surface area (Å²) in [6.07, 6.45) is 5.47. The van der Waals surface area contributed by atoms with E-state index in [-0.39, 0.29) is 0 Å². The predicted octanol–water partition coefficient (Wildman–Crippen LogP) is 4.13. The van der Waals surface area contributed by atoms with Gasteiger partial charge in [0, 0.05) is 0 Å². The van der Waals surface area contributed by atoms with E-state index < -0.39 is 11.4 Å². The molecule has 0 radical (unpaired) electrons. The molecule has 0 aliphatic heterocycles. The van der Waals surface area contributed by atoms with Crippen molar-refractivity contribution in [2.45, 2.75) is 45.4 Å². The fourth-order valence-electron chi connectivity index (χ4n) is 3.24. The van der Waals surface area contributed by atoms with Crippen LogP contribution in [0.1, 0.15) is 45.4 Å². The maximum atomic E-state index is 11.7. The van der Waals surface area contributed by atoms with Crippen LogP contribution in [0.2, 0.25) is 0 Å². The Morgan fingerprint density at radius 1 is 1.40 bits per heavy atom. The highest BCUT2D eigenvalue weighted by Gasteiger charge is 2.42. The van der Waals surface area contributed by atoms with Crippen molar-refractivity contribution in [1.29, 1.82) is 0 Å². The molecule has 1 aromatic rings. The van der Waals surface area contributed by atoms with E-state index in [1.54, 1.807) is 0 Å². The van der Waals surface area contributed by atoms with Gasteiger partial charge in [0.05, 0.1) is 12.0 Å². The Bertz CT molecular complexity index is 429. The van der Waals surface area contributed by atoms with Gasteiger partial charge in [-0.3, -0.25) is 4.79 Å². The van der Waals surface area contributed by atoms with Crippen LogP contribution in [0.15, 0.2) is 30.3 Å². The van der Waals surface area contributed by atoms with Crippen LogP contribution >= 0.6 is 0 Å². The van der Waals surface area contributed by atoms with E-state index in [4.69, 9.17) is 4.74 Å². The fraction of sp³-hybridized carbons (Fsp3) is 0.588. The molecule has 0 bridgehead atoms. The van der Waals surface area contributed by atoms with Gasteiger partial charge in [0.2, 0.25) is 0 Å². The predicted molar refractivity (Wildman–Crippen MR) is 78.9 cm³/mol. The van der Waals surface area contributed by atoms with Gasteiger partial charge in [-0.2, -0.15) is 0 Å². The molecule has 20 heavy (non-hydrogen) atoms. The van der Waals surface area contributed by atoms with E-state index in [0.29, 0.717) is 18.9 Å². The lowest BCUT2D eigenvalue weighted by atomic mass is 9.67. The molecule has 1 N–H and O–H groups in total. The second-order valence-corrected chi connectivity index (χ2v) is 5.87. The topological polar surface area (TPSA) is 46.5 Å². The van der Waals surface area contributed by atoms with E-state index in [2.05, 4.69) is 6.92 Å². The highest BCUT2D eigenvalue weighted by atomic mass is 16.5. The third kappa shape index (κ3) is 3.53. The zero-order valence-corrected chi connectivity index (χ0v) is 12.2. The van der Waals surface area contributed by atoms with Crippen molar-refractivity contribution in [3.8, 4) is 5.75 Å². The van der Waals surface area contributed by atoms with Crippen LogP contribution in [0.4, 0.5) is 0 Å². The Morgan fingerprint density at radius 2 is 2.15 bits per heavy atom.